The first-order valence-corrected chi connectivity index (χ1v) is 9.04. The van der Waals surface area contributed by atoms with Gasteiger partial charge in [0.05, 0.1) is 17.1 Å². The third-order valence-corrected chi connectivity index (χ3v) is 5.32. The first-order chi connectivity index (χ1) is 12.4. The fourth-order valence-electron chi connectivity index (χ4n) is 2.61. The molecule has 0 fully saturated rings. The molecule has 0 bridgehead atoms. The van der Waals surface area contributed by atoms with Crippen LogP contribution in [0.15, 0.2) is 12.4 Å². The summed E-state index contributed by atoms with van der Waals surface area (Å²) in [6.07, 6.45) is 1.38. The number of carbonyl (C=O) groups is 2. The maximum absolute atomic E-state index is 12.4. The number of aromatic nitrogens is 4. The summed E-state index contributed by atoms with van der Waals surface area (Å²) >= 11 is 1.38. The standard InChI is InChI=1S/C17H20N6O2S/c1-5-18-15(24)13-6-11-12(22-23(4)17(11)26-13)7-19-16(25)14-9(2)10(3)20-8-21-14/h6,8H,5,7H2,1-4H3,(H,18,24)(H,19,25). The predicted octanol–water partition coefficient (Wildman–Crippen LogP) is 1.72. The van der Waals surface area contributed by atoms with Crippen LogP contribution in [0.1, 0.15) is 44.0 Å². The molecule has 0 aliphatic heterocycles. The lowest BCUT2D eigenvalue weighted by molar-refractivity contribution is 0.0940. The summed E-state index contributed by atoms with van der Waals surface area (Å²) in [6, 6.07) is 1.82. The molecule has 0 unspecified atom stereocenters. The number of hydrogen-bond acceptors (Lipinski definition) is 6. The Morgan fingerprint density at radius 3 is 2.69 bits per heavy atom. The summed E-state index contributed by atoms with van der Waals surface area (Å²) in [7, 11) is 1.82. The lowest BCUT2D eigenvalue weighted by Gasteiger charge is -2.07. The number of thiophene rings is 1. The van der Waals surface area contributed by atoms with E-state index in [2.05, 4.69) is 25.7 Å². The van der Waals surface area contributed by atoms with E-state index in [-0.39, 0.29) is 18.4 Å². The van der Waals surface area contributed by atoms with Crippen molar-refractivity contribution in [3.8, 4) is 0 Å². The lowest BCUT2D eigenvalue weighted by Crippen LogP contribution is -2.25. The van der Waals surface area contributed by atoms with Crippen LogP contribution in [0.2, 0.25) is 0 Å². The number of rotatable bonds is 5. The summed E-state index contributed by atoms with van der Waals surface area (Å²) in [5.74, 6) is -0.373. The zero-order chi connectivity index (χ0) is 18.8. The Balaban J connectivity index is 1.81. The van der Waals surface area contributed by atoms with Crippen LogP contribution in [-0.4, -0.2) is 38.1 Å². The molecule has 3 aromatic rings. The van der Waals surface area contributed by atoms with Crippen LogP contribution >= 0.6 is 11.3 Å². The van der Waals surface area contributed by atoms with Gasteiger partial charge in [-0.1, -0.05) is 0 Å². The highest BCUT2D eigenvalue weighted by Crippen LogP contribution is 2.28. The summed E-state index contributed by atoms with van der Waals surface area (Å²) in [5, 5.41) is 11.0. The van der Waals surface area contributed by atoms with E-state index in [9.17, 15) is 9.59 Å². The molecule has 2 N–H and O–H groups in total. The number of aryl methyl sites for hydroxylation is 2. The van der Waals surface area contributed by atoms with Gasteiger partial charge in [-0.15, -0.1) is 11.3 Å². The Morgan fingerprint density at radius 2 is 1.96 bits per heavy atom. The van der Waals surface area contributed by atoms with Crippen LogP contribution in [-0.2, 0) is 13.6 Å². The van der Waals surface area contributed by atoms with Crippen molar-refractivity contribution in [3.05, 3.63) is 39.9 Å². The van der Waals surface area contributed by atoms with Gasteiger partial charge in [-0.25, -0.2) is 9.97 Å². The van der Waals surface area contributed by atoms with Crippen molar-refractivity contribution in [2.75, 3.05) is 6.54 Å². The van der Waals surface area contributed by atoms with E-state index in [1.165, 1.54) is 17.7 Å². The third kappa shape index (κ3) is 3.30. The van der Waals surface area contributed by atoms with Gasteiger partial charge < -0.3 is 10.6 Å². The summed E-state index contributed by atoms with van der Waals surface area (Å²) in [4.78, 5) is 34.1. The molecule has 8 nitrogen and oxygen atoms in total. The molecule has 3 heterocycles. The van der Waals surface area contributed by atoms with Gasteiger partial charge in [-0.2, -0.15) is 5.10 Å². The Bertz CT molecular complexity index is 991. The van der Waals surface area contributed by atoms with Crippen molar-refractivity contribution in [2.45, 2.75) is 27.3 Å². The minimum Gasteiger partial charge on any atom is -0.352 e. The number of fused-ring (bicyclic) bond motifs is 1. The van der Waals surface area contributed by atoms with E-state index in [1.54, 1.807) is 4.68 Å². The molecule has 26 heavy (non-hydrogen) atoms. The Labute approximate surface area is 154 Å². The molecule has 0 aliphatic rings. The van der Waals surface area contributed by atoms with Crippen molar-refractivity contribution in [1.82, 2.24) is 30.4 Å². The fourth-order valence-corrected chi connectivity index (χ4v) is 3.62. The molecular weight excluding hydrogens is 352 g/mol. The van der Waals surface area contributed by atoms with Crippen molar-refractivity contribution >= 4 is 33.4 Å². The van der Waals surface area contributed by atoms with Crippen molar-refractivity contribution < 1.29 is 9.59 Å². The minimum absolute atomic E-state index is 0.101. The Hall–Kier alpha value is -2.81. The third-order valence-electron chi connectivity index (χ3n) is 4.12. The average molecular weight is 372 g/mol. The van der Waals surface area contributed by atoms with E-state index in [4.69, 9.17) is 0 Å². The lowest BCUT2D eigenvalue weighted by atomic mass is 10.2. The Kier molecular flexibility index (Phi) is 4.99. The van der Waals surface area contributed by atoms with E-state index >= 15 is 0 Å². The van der Waals surface area contributed by atoms with Gasteiger partial charge in [-0.3, -0.25) is 14.3 Å². The van der Waals surface area contributed by atoms with Gasteiger partial charge in [0.25, 0.3) is 11.8 Å². The van der Waals surface area contributed by atoms with Crippen LogP contribution in [0.5, 0.6) is 0 Å². The van der Waals surface area contributed by atoms with Gasteiger partial charge in [0.1, 0.15) is 16.9 Å². The van der Waals surface area contributed by atoms with Crippen molar-refractivity contribution in [2.24, 2.45) is 7.05 Å². The number of carbonyl (C=O) groups excluding carboxylic acids is 2. The van der Waals surface area contributed by atoms with Gasteiger partial charge in [-0.05, 0) is 26.8 Å². The molecule has 2 amide bonds. The van der Waals surface area contributed by atoms with E-state index in [0.717, 1.165) is 21.5 Å². The van der Waals surface area contributed by atoms with Crippen molar-refractivity contribution in [1.29, 1.82) is 0 Å². The van der Waals surface area contributed by atoms with Crippen LogP contribution < -0.4 is 10.6 Å². The molecule has 0 radical (unpaired) electrons. The second-order valence-electron chi connectivity index (χ2n) is 5.87. The maximum Gasteiger partial charge on any atom is 0.270 e. The fraction of sp³-hybridized carbons (Fsp3) is 0.353. The molecular formula is C17H20N6O2S. The highest BCUT2D eigenvalue weighted by molar-refractivity contribution is 7.20. The minimum atomic E-state index is -0.272. The van der Waals surface area contributed by atoms with Gasteiger partial charge in [0, 0.05) is 30.2 Å². The quantitative estimate of drug-likeness (QED) is 0.710. The first kappa shape index (κ1) is 18.0. The SMILES string of the molecule is CCNC(=O)c1cc2c(CNC(=O)c3ncnc(C)c3C)nn(C)c2s1. The Morgan fingerprint density at radius 1 is 1.19 bits per heavy atom. The molecule has 0 saturated heterocycles. The zero-order valence-corrected chi connectivity index (χ0v) is 15.9. The molecule has 0 saturated carbocycles. The molecule has 3 rings (SSSR count). The van der Waals surface area contributed by atoms with Gasteiger partial charge >= 0.3 is 0 Å². The molecule has 136 valence electrons. The van der Waals surface area contributed by atoms with Crippen LogP contribution in [0.4, 0.5) is 0 Å². The number of amides is 2. The van der Waals surface area contributed by atoms with E-state index in [0.29, 0.717) is 22.8 Å². The molecule has 0 aliphatic carbocycles. The van der Waals surface area contributed by atoms with Gasteiger partial charge in [0.2, 0.25) is 0 Å². The second-order valence-corrected chi connectivity index (χ2v) is 6.91. The maximum atomic E-state index is 12.4. The largest absolute Gasteiger partial charge is 0.352 e. The molecule has 9 heteroatoms. The average Bonchev–Trinajstić information content (AvgIpc) is 3.17. The van der Waals surface area contributed by atoms with Crippen LogP contribution in [0.25, 0.3) is 10.2 Å². The molecule has 0 spiro atoms. The number of nitrogens with one attached hydrogen (secondary N) is 2. The monoisotopic (exact) mass is 372 g/mol. The summed E-state index contributed by atoms with van der Waals surface area (Å²) in [6.45, 7) is 6.37. The summed E-state index contributed by atoms with van der Waals surface area (Å²) < 4.78 is 1.73. The first-order valence-electron chi connectivity index (χ1n) is 8.22. The molecule has 3 aromatic heterocycles. The van der Waals surface area contributed by atoms with Gasteiger partial charge in [0.15, 0.2) is 0 Å². The highest BCUT2D eigenvalue weighted by atomic mass is 32.1. The van der Waals surface area contributed by atoms with Crippen LogP contribution in [0.3, 0.4) is 0 Å². The van der Waals surface area contributed by atoms with E-state index < -0.39 is 0 Å². The number of nitrogens with zero attached hydrogens (tertiary/aromatic N) is 4. The molecule has 0 aromatic carbocycles. The second kappa shape index (κ2) is 7.20. The zero-order valence-electron chi connectivity index (χ0n) is 15.1. The topological polar surface area (TPSA) is 102 Å². The number of hydrogen-bond donors (Lipinski definition) is 2. The van der Waals surface area contributed by atoms with E-state index in [1.807, 2.05) is 33.9 Å². The summed E-state index contributed by atoms with van der Waals surface area (Å²) in [5.41, 5.74) is 2.60. The van der Waals surface area contributed by atoms with Crippen molar-refractivity contribution in [3.63, 3.8) is 0 Å². The molecule has 0 atom stereocenters. The normalized spacial score (nSPS) is 10.9. The van der Waals surface area contributed by atoms with Crippen LogP contribution in [0, 0.1) is 13.8 Å². The highest BCUT2D eigenvalue weighted by Gasteiger charge is 2.18. The predicted molar refractivity (Wildman–Crippen MR) is 99.3 cm³/mol. The smallest absolute Gasteiger partial charge is 0.270 e.